The Kier molecular flexibility index (Phi) is 6.24. The Morgan fingerprint density at radius 2 is 2.00 bits per heavy atom. The summed E-state index contributed by atoms with van der Waals surface area (Å²) in [7, 11) is 0. The molecule has 2 nitrogen and oxygen atoms in total. The van der Waals surface area contributed by atoms with Crippen LogP contribution in [-0.4, -0.2) is 24.4 Å². The third kappa shape index (κ3) is 4.36. The largest absolute Gasteiger partial charge is 0.346 e. The fourth-order valence-electron chi connectivity index (χ4n) is 0.850. The molecule has 0 aliphatic rings. The van der Waals surface area contributed by atoms with E-state index in [0.717, 1.165) is 25.9 Å². The minimum atomic E-state index is 0.840. The monoisotopic (exact) mass is 143 g/mol. The first-order valence-electron chi connectivity index (χ1n) is 4.04. The van der Waals surface area contributed by atoms with E-state index in [-0.39, 0.29) is 0 Å². The van der Waals surface area contributed by atoms with Crippen molar-refractivity contribution in [2.75, 3.05) is 13.1 Å². The number of carbonyl (C=O) groups is 1. The Morgan fingerprint density at radius 3 is 2.40 bits per heavy atom. The van der Waals surface area contributed by atoms with E-state index in [4.69, 9.17) is 0 Å². The second kappa shape index (κ2) is 6.59. The van der Waals surface area contributed by atoms with Crippen molar-refractivity contribution < 1.29 is 4.79 Å². The average molecular weight is 143 g/mol. The number of unbranched alkanes of at least 4 members (excludes halogenated alkanes) is 2. The van der Waals surface area contributed by atoms with Gasteiger partial charge in [0.25, 0.3) is 0 Å². The molecule has 0 rings (SSSR count). The van der Waals surface area contributed by atoms with Crippen LogP contribution < -0.4 is 0 Å². The highest BCUT2D eigenvalue weighted by Crippen LogP contribution is 1.95. The third-order valence-corrected chi connectivity index (χ3v) is 1.60. The van der Waals surface area contributed by atoms with Gasteiger partial charge < -0.3 is 4.90 Å². The summed E-state index contributed by atoms with van der Waals surface area (Å²) >= 11 is 0. The maximum Gasteiger partial charge on any atom is 0.209 e. The summed E-state index contributed by atoms with van der Waals surface area (Å²) in [6.07, 6.45) is 4.51. The second-order valence-electron chi connectivity index (χ2n) is 2.44. The number of hydrogen-bond acceptors (Lipinski definition) is 1. The molecule has 0 saturated carbocycles. The summed E-state index contributed by atoms with van der Waals surface area (Å²) in [6, 6.07) is 0. The maximum atomic E-state index is 10.3. The summed E-state index contributed by atoms with van der Waals surface area (Å²) in [5.41, 5.74) is 0. The van der Waals surface area contributed by atoms with Gasteiger partial charge >= 0.3 is 0 Å². The first-order chi connectivity index (χ1) is 4.85. The standard InChI is InChI=1S/C8H17NO/c1-3-5-6-7-9(4-2)8-10/h8H,3-7H2,1-2H3. The van der Waals surface area contributed by atoms with Crippen LogP contribution in [-0.2, 0) is 4.79 Å². The van der Waals surface area contributed by atoms with E-state index in [9.17, 15) is 4.79 Å². The van der Waals surface area contributed by atoms with Gasteiger partial charge in [0, 0.05) is 13.1 Å². The van der Waals surface area contributed by atoms with E-state index in [0.29, 0.717) is 0 Å². The predicted molar refractivity (Wildman–Crippen MR) is 42.8 cm³/mol. The van der Waals surface area contributed by atoms with Gasteiger partial charge in [-0.15, -0.1) is 0 Å². The Balaban J connectivity index is 3.17. The minimum Gasteiger partial charge on any atom is -0.346 e. The lowest BCUT2D eigenvalue weighted by Crippen LogP contribution is -2.22. The van der Waals surface area contributed by atoms with E-state index >= 15 is 0 Å². The normalized spacial score (nSPS) is 9.40. The molecule has 0 saturated heterocycles. The van der Waals surface area contributed by atoms with E-state index in [1.165, 1.54) is 12.8 Å². The van der Waals surface area contributed by atoms with Gasteiger partial charge in [-0.2, -0.15) is 0 Å². The van der Waals surface area contributed by atoms with Crippen molar-refractivity contribution in [3.05, 3.63) is 0 Å². The van der Waals surface area contributed by atoms with Crippen molar-refractivity contribution in [2.24, 2.45) is 0 Å². The van der Waals surface area contributed by atoms with Gasteiger partial charge in [0.1, 0.15) is 0 Å². The first-order valence-corrected chi connectivity index (χ1v) is 4.04. The molecule has 1 amide bonds. The van der Waals surface area contributed by atoms with Gasteiger partial charge in [0.2, 0.25) is 6.41 Å². The molecule has 0 aromatic carbocycles. The SMILES string of the molecule is CCCCCN(C=O)CC. The smallest absolute Gasteiger partial charge is 0.209 e. The molecular weight excluding hydrogens is 126 g/mol. The van der Waals surface area contributed by atoms with E-state index in [1.54, 1.807) is 4.90 Å². The summed E-state index contributed by atoms with van der Waals surface area (Å²) in [4.78, 5) is 12.1. The molecule has 0 aromatic rings. The lowest BCUT2D eigenvalue weighted by atomic mass is 10.2. The van der Waals surface area contributed by atoms with E-state index in [1.807, 2.05) is 6.92 Å². The van der Waals surface area contributed by atoms with Crippen molar-refractivity contribution >= 4 is 6.41 Å². The van der Waals surface area contributed by atoms with Crippen molar-refractivity contribution in [1.29, 1.82) is 0 Å². The van der Waals surface area contributed by atoms with Crippen LogP contribution in [0.25, 0.3) is 0 Å². The highest BCUT2D eigenvalue weighted by atomic mass is 16.1. The number of amides is 1. The van der Waals surface area contributed by atoms with Crippen molar-refractivity contribution in [3.8, 4) is 0 Å². The Labute approximate surface area is 63.2 Å². The summed E-state index contributed by atoms with van der Waals surface area (Å²) < 4.78 is 0. The van der Waals surface area contributed by atoms with Gasteiger partial charge in [0.15, 0.2) is 0 Å². The van der Waals surface area contributed by atoms with Crippen LogP contribution in [0, 0.1) is 0 Å². The lowest BCUT2D eigenvalue weighted by Gasteiger charge is -2.13. The van der Waals surface area contributed by atoms with Crippen LogP contribution in [0.1, 0.15) is 33.1 Å². The van der Waals surface area contributed by atoms with E-state index < -0.39 is 0 Å². The highest BCUT2D eigenvalue weighted by molar-refractivity contribution is 5.46. The van der Waals surface area contributed by atoms with Crippen LogP contribution in [0.15, 0.2) is 0 Å². The van der Waals surface area contributed by atoms with Crippen molar-refractivity contribution in [3.63, 3.8) is 0 Å². The zero-order valence-electron chi connectivity index (χ0n) is 6.97. The third-order valence-electron chi connectivity index (χ3n) is 1.60. The molecule has 0 heterocycles. The number of hydrogen-bond donors (Lipinski definition) is 0. The number of carbonyl (C=O) groups excluding carboxylic acids is 1. The molecule has 2 heteroatoms. The molecule has 0 bridgehead atoms. The molecule has 0 aliphatic heterocycles. The fraction of sp³-hybridized carbons (Fsp3) is 0.875. The van der Waals surface area contributed by atoms with Gasteiger partial charge in [-0.1, -0.05) is 19.8 Å². The highest BCUT2D eigenvalue weighted by Gasteiger charge is 1.94. The molecule has 10 heavy (non-hydrogen) atoms. The Hall–Kier alpha value is -0.530. The quantitative estimate of drug-likeness (QED) is 0.409. The van der Waals surface area contributed by atoms with Gasteiger partial charge in [-0.3, -0.25) is 4.79 Å². The zero-order valence-corrected chi connectivity index (χ0v) is 6.97. The molecule has 0 fully saturated rings. The van der Waals surface area contributed by atoms with Crippen molar-refractivity contribution in [1.82, 2.24) is 4.90 Å². The van der Waals surface area contributed by atoms with Crippen molar-refractivity contribution in [2.45, 2.75) is 33.1 Å². The molecule has 0 N–H and O–H groups in total. The Bertz CT molecular complexity index is 83.3. The molecule has 0 aliphatic carbocycles. The summed E-state index contributed by atoms with van der Waals surface area (Å²) in [5.74, 6) is 0. The average Bonchev–Trinajstić information content (AvgIpc) is 1.99. The molecular formula is C8H17NO. The fourth-order valence-corrected chi connectivity index (χ4v) is 0.850. The minimum absolute atomic E-state index is 0.840. The first kappa shape index (κ1) is 9.47. The summed E-state index contributed by atoms with van der Waals surface area (Å²) in [6.45, 7) is 5.93. The molecule has 0 atom stereocenters. The molecule has 0 spiro atoms. The van der Waals surface area contributed by atoms with Crippen LogP contribution >= 0.6 is 0 Å². The van der Waals surface area contributed by atoms with Gasteiger partial charge in [0.05, 0.1) is 0 Å². The van der Waals surface area contributed by atoms with Crippen LogP contribution in [0.2, 0.25) is 0 Å². The van der Waals surface area contributed by atoms with Gasteiger partial charge in [-0.05, 0) is 13.3 Å². The molecule has 0 aromatic heterocycles. The zero-order chi connectivity index (χ0) is 7.82. The molecule has 0 radical (unpaired) electrons. The predicted octanol–water partition coefficient (Wildman–Crippen LogP) is 1.65. The van der Waals surface area contributed by atoms with Crippen LogP contribution in [0.5, 0.6) is 0 Å². The Morgan fingerprint density at radius 1 is 1.30 bits per heavy atom. The summed E-state index contributed by atoms with van der Waals surface area (Å²) in [5, 5.41) is 0. The van der Waals surface area contributed by atoms with Gasteiger partial charge in [-0.25, -0.2) is 0 Å². The molecule has 60 valence electrons. The second-order valence-corrected chi connectivity index (χ2v) is 2.44. The van der Waals surface area contributed by atoms with Crippen LogP contribution in [0.3, 0.4) is 0 Å². The number of nitrogens with zero attached hydrogens (tertiary/aromatic N) is 1. The lowest BCUT2D eigenvalue weighted by molar-refractivity contribution is -0.118. The maximum absolute atomic E-state index is 10.3. The van der Waals surface area contributed by atoms with E-state index in [2.05, 4.69) is 6.92 Å². The molecule has 0 unspecified atom stereocenters. The van der Waals surface area contributed by atoms with Crippen LogP contribution in [0.4, 0.5) is 0 Å². The topological polar surface area (TPSA) is 20.3 Å². The number of rotatable bonds is 6.